The second-order valence-corrected chi connectivity index (χ2v) is 3.31. The molecule has 12 heavy (non-hydrogen) atoms. The summed E-state index contributed by atoms with van der Waals surface area (Å²) in [4.78, 5) is 4.02. The fraction of sp³-hybridized carbons (Fsp3) is 0.333. The minimum absolute atomic E-state index is 0.625. The van der Waals surface area contributed by atoms with Crippen molar-refractivity contribution in [2.45, 2.75) is 19.3 Å². The maximum absolute atomic E-state index is 8.33. The molecular formula is C9H9BrN2. The molecule has 1 rings (SSSR count). The quantitative estimate of drug-likeness (QED) is 0.585. The number of nitrogens with zero attached hydrogens (tertiary/aromatic N) is 2. The van der Waals surface area contributed by atoms with Crippen LogP contribution in [0.3, 0.4) is 0 Å². The molecule has 3 heteroatoms. The Kier molecular flexibility index (Phi) is 3.75. The van der Waals surface area contributed by atoms with Gasteiger partial charge in [-0.15, -0.1) is 0 Å². The summed E-state index contributed by atoms with van der Waals surface area (Å²) in [7, 11) is 0. The molecule has 2 nitrogen and oxygen atoms in total. The number of aromatic nitrogens is 1. The van der Waals surface area contributed by atoms with Gasteiger partial charge in [0.2, 0.25) is 0 Å². The van der Waals surface area contributed by atoms with E-state index in [-0.39, 0.29) is 0 Å². The zero-order chi connectivity index (χ0) is 8.81. The van der Waals surface area contributed by atoms with Crippen molar-refractivity contribution >= 4 is 15.9 Å². The number of unbranched alkanes of at least 4 members (excludes halogenated alkanes) is 1. The lowest BCUT2D eigenvalue weighted by Crippen LogP contribution is -1.85. The first-order valence-electron chi connectivity index (χ1n) is 3.80. The fourth-order valence-electron chi connectivity index (χ4n) is 0.970. The summed E-state index contributed by atoms with van der Waals surface area (Å²) < 4.78 is 0.858. The summed E-state index contributed by atoms with van der Waals surface area (Å²) in [5.74, 6) is 0. The van der Waals surface area contributed by atoms with Gasteiger partial charge in [0.05, 0.1) is 6.07 Å². The molecule has 0 N–H and O–H groups in total. The summed E-state index contributed by atoms with van der Waals surface area (Å²) in [5.41, 5.74) is 1.23. The second kappa shape index (κ2) is 4.89. The Morgan fingerprint density at radius 1 is 1.58 bits per heavy atom. The SMILES string of the molecule is N#CCCCc1ccnc(Br)c1. The fourth-order valence-corrected chi connectivity index (χ4v) is 1.38. The summed E-state index contributed by atoms with van der Waals surface area (Å²) in [6.45, 7) is 0. The lowest BCUT2D eigenvalue weighted by atomic mass is 10.1. The van der Waals surface area contributed by atoms with Crippen molar-refractivity contribution in [1.29, 1.82) is 5.26 Å². The summed E-state index contributed by atoms with van der Waals surface area (Å²) in [6, 6.07) is 6.08. The predicted octanol–water partition coefficient (Wildman–Crippen LogP) is 2.69. The molecule has 0 aliphatic carbocycles. The largest absolute Gasteiger partial charge is 0.249 e. The van der Waals surface area contributed by atoms with Crippen molar-refractivity contribution in [2.75, 3.05) is 0 Å². The first-order chi connectivity index (χ1) is 5.83. The summed E-state index contributed by atoms with van der Waals surface area (Å²) in [5, 5.41) is 8.33. The number of pyridine rings is 1. The molecular weight excluding hydrogens is 216 g/mol. The highest BCUT2D eigenvalue weighted by atomic mass is 79.9. The van der Waals surface area contributed by atoms with Gasteiger partial charge in [-0.05, 0) is 46.5 Å². The number of hydrogen-bond acceptors (Lipinski definition) is 2. The monoisotopic (exact) mass is 224 g/mol. The molecule has 0 bridgehead atoms. The van der Waals surface area contributed by atoms with Gasteiger partial charge in [-0.25, -0.2) is 4.98 Å². The number of rotatable bonds is 3. The van der Waals surface area contributed by atoms with Crippen LogP contribution in [-0.2, 0) is 6.42 Å². The number of aryl methyl sites for hydroxylation is 1. The highest BCUT2D eigenvalue weighted by Crippen LogP contribution is 2.10. The summed E-state index contributed by atoms with van der Waals surface area (Å²) >= 11 is 3.29. The van der Waals surface area contributed by atoms with E-state index >= 15 is 0 Å². The van der Waals surface area contributed by atoms with Crippen LogP contribution in [0.4, 0.5) is 0 Å². The van der Waals surface area contributed by atoms with E-state index in [0.717, 1.165) is 17.4 Å². The minimum atomic E-state index is 0.625. The van der Waals surface area contributed by atoms with Gasteiger partial charge in [0.15, 0.2) is 0 Å². The van der Waals surface area contributed by atoms with E-state index < -0.39 is 0 Å². The molecule has 0 unspecified atom stereocenters. The zero-order valence-electron chi connectivity index (χ0n) is 6.63. The lowest BCUT2D eigenvalue weighted by Gasteiger charge is -1.97. The maximum atomic E-state index is 8.33. The number of nitriles is 1. The van der Waals surface area contributed by atoms with Crippen LogP contribution < -0.4 is 0 Å². The van der Waals surface area contributed by atoms with Crippen LogP contribution in [0, 0.1) is 11.3 Å². The van der Waals surface area contributed by atoms with E-state index in [9.17, 15) is 0 Å². The van der Waals surface area contributed by atoms with Gasteiger partial charge in [0, 0.05) is 12.6 Å². The molecule has 0 aromatic carbocycles. The Bertz CT molecular complexity index is 291. The first-order valence-corrected chi connectivity index (χ1v) is 4.59. The molecule has 0 spiro atoms. The van der Waals surface area contributed by atoms with Crippen LogP contribution in [0.1, 0.15) is 18.4 Å². The standard InChI is InChI=1S/C9H9BrN2/c10-9-7-8(4-6-12-9)3-1-2-5-11/h4,6-7H,1-3H2. The van der Waals surface area contributed by atoms with Gasteiger partial charge >= 0.3 is 0 Å². The van der Waals surface area contributed by atoms with E-state index in [1.807, 2.05) is 12.1 Å². The lowest BCUT2D eigenvalue weighted by molar-refractivity contribution is 0.847. The average molecular weight is 225 g/mol. The van der Waals surface area contributed by atoms with Crippen LogP contribution in [0.15, 0.2) is 22.9 Å². The van der Waals surface area contributed by atoms with Crippen molar-refractivity contribution < 1.29 is 0 Å². The van der Waals surface area contributed by atoms with E-state index in [0.29, 0.717) is 6.42 Å². The molecule has 0 saturated carbocycles. The topological polar surface area (TPSA) is 36.7 Å². The van der Waals surface area contributed by atoms with Gasteiger partial charge in [0.1, 0.15) is 4.60 Å². The molecule has 0 radical (unpaired) electrons. The number of hydrogen-bond donors (Lipinski definition) is 0. The highest BCUT2D eigenvalue weighted by Gasteiger charge is 1.93. The van der Waals surface area contributed by atoms with Crippen LogP contribution in [0.2, 0.25) is 0 Å². The molecule has 62 valence electrons. The van der Waals surface area contributed by atoms with Crippen molar-refractivity contribution in [3.8, 4) is 6.07 Å². The molecule has 1 heterocycles. The third kappa shape index (κ3) is 3.02. The molecule has 1 aromatic heterocycles. The molecule has 0 atom stereocenters. The van der Waals surface area contributed by atoms with Crippen LogP contribution >= 0.6 is 15.9 Å². The van der Waals surface area contributed by atoms with Crippen molar-refractivity contribution in [3.05, 3.63) is 28.5 Å². The van der Waals surface area contributed by atoms with Gasteiger partial charge in [-0.1, -0.05) is 0 Å². The highest BCUT2D eigenvalue weighted by molar-refractivity contribution is 9.10. The molecule has 0 fully saturated rings. The molecule has 0 amide bonds. The van der Waals surface area contributed by atoms with Crippen LogP contribution in [0.25, 0.3) is 0 Å². The first kappa shape index (κ1) is 9.21. The molecule has 0 aliphatic rings. The van der Waals surface area contributed by atoms with Crippen molar-refractivity contribution in [1.82, 2.24) is 4.98 Å². The predicted molar refractivity (Wildman–Crippen MR) is 50.5 cm³/mol. The van der Waals surface area contributed by atoms with Gasteiger partial charge in [0.25, 0.3) is 0 Å². The normalized spacial score (nSPS) is 9.33. The van der Waals surface area contributed by atoms with Gasteiger partial charge in [-0.2, -0.15) is 5.26 Å². The Labute approximate surface area is 80.4 Å². The Morgan fingerprint density at radius 2 is 2.42 bits per heavy atom. The number of halogens is 1. The smallest absolute Gasteiger partial charge is 0.106 e. The second-order valence-electron chi connectivity index (χ2n) is 2.50. The zero-order valence-corrected chi connectivity index (χ0v) is 8.21. The molecule has 1 aromatic rings. The van der Waals surface area contributed by atoms with Gasteiger partial charge < -0.3 is 0 Å². The molecule has 0 aliphatic heterocycles. The third-order valence-electron chi connectivity index (χ3n) is 1.55. The summed E-state index contributed by atoms with van der Waals surface area (Å²) in [6.07, 6.45) is 4.27. The van der Waals surface area contributed by atoms with Gasteiger partial charge in [-0.3, -0.25) is 0 Å². The van der Waals surface area contributed by atoms with Crippen molar-refractivity contribution in [3.63, 3.8) is 0 Å². The Balaban J connectivity index is 2.48. The van der Waals surface area contributed by atoms with E-state index in [1.54, 1.807) is 6.20 Å². The molecule has 0 saturated heterocycles. The van der Waals surface area contributed by atoms with Crippen LogP contribution in [-0.4, -0.2) is 4.98 Å². The minimum Gasteiger partial charge on any atom is -0.249 e. The maximum Gasteiger partial charge on any atom is 0.106 e. The van der Waals surface area contributed by atoms with E-state index in [2.05, 4.69) is 27.0 Å². The van der Waals surface area contributed by atoms with Crippen molar-refractivity contribution in [2.24, 2.45) is 0 Å². The van der Waals surface area contributed by atoms with E-state index in [1.165, 1.54) is 5.56 Å². The van der Waals surface area contributed by atoms with E-state index in [4.69, 9.17) is 5.26 Å². The Hall–Kier alpha value is -0.880. The average Bonchev–Trinajstić information content (AvgIpc) is 2.05. The van der Waals surface area contributed by atoms with Crippen LogP contribution in [0.5, 0.6) is 0 Å². The Morgan fingerprint density at radius 3 is 3.08 bits per heavy atom. The third-order valence-corrected chi connectivity index (χ3v) is 1.98.